The average molecular weight is 173 g/mol. The minimum absolute atomic E-state index is 0.264. The number of carboxylic acid groups (broad SMARTS) is 1. The average Bonchev–Trinajstić information content (AvgIpc) is 1.94. The number of rotatable bonds is 1. The molecule has 0 aromatic carbocycles. The van der Waals surface area contributed by atoms with Crippen LogP contribution in [0.2, 0.25) is 0 Å². The van der Waals surface area contributed by atoms with Crippen LogP contribution in [0.5, 0.6) is 0 Å². The second-order valence-corrected chi connectivity index (χ2v) is 3.07. The molecular formula is C8H9ClO2. The van der Waals surface area contributed by atoms with E-state index in [0.717, 1.165) is 6.42 Å². The van der Waals surface area contributed by atoms with Gasteiger partial charge in [0.05, 0.1) is 5.57 Å². The zero-order chi connectivity index (χ0) is 8.43. The molecule has 60 valence electrons. The summed E-state index contributed by atoms with van der Waals surface area (Å²) in [5.41, 5.74) is 0.299. The molecule has 1 atom stereocenters. The van der Waals surface area contributed by atoms with Crippen LogP contribution in [0.3, 0.4) is 0 Å². The fraction of sp³-hybridized carbons (Fsp3) is 0.375. The highest BCUT2D eigenvalue weighted by molar-refractivity contribution is 6.30. The first-order valence-electron chi connectivity index (χ1n) is 3.42. The van der Waals surface area contributed by atoms with Crippen molar-refractivity contribution < 1.29 is 9.90 Å². The molecular weight excluding hydrogens is 164 g/mol. The summed E-state index contributed by atoms with van der Waals surface area (Å²) < 4.78 is 0. The Labute approximate surface area is 70.2 Å². The first-order chi connectivity index (χ1) is 5.11. The molecule has 0 fully saturated rings. The lowest BCUT2D eigenvalue weighted by molar-refractivity contribution is -0.132. The quantitative estimate of drug-likeness (QED) is 0.658. The fourth-order valence-corrected chi connectivity index (χ4v) is 1.12. The Morgan fingerprint density at radius 1 is 1.82 bits per heavy atom. The van der Waals surface area contributed by atoms with E-state index in [1.807, 2.05) is 6.92 Å². The predicted molar refractivity (Wildman–Crippen MR) is 43.4 cm³/mol. The summed E-state index contributed by atoms with van der Waals surface area (Å²) in [6.07, 6.45) is 3.92. The van der Waals surface area contributed by atoms with E-state index in [2.05, 4.69) is 0 Å². The van der Waals surface area contributed by atoms with Crippen LogP contribution in [0.15, 0.2) is 22.8 Å². The summed E-state index contributed by atoms with van der Waals surface area (Å²) in [6, 6.07) is 0. The van der Waals surface area contributed by atoms with Gasteiger partial charge in [-0.3, -0.25) is 0 Å². The van der Waals surface area contributed by atoms with Gasteiger partial charge in [-0.1, -0.05) is 24.6 Å². The highest BCUT2D eigenvalue weighted by Gasteiger charge is 2.14. The van der Waals surface area contributed by atoms with Gasteiger partial charge in [-0.25, -0.2) is 4.79 Å². The van der Waals surface area contributed by atoms with Gasteiger partial charge in [0.2, 0.25) is 0 Å². The van der Waals surface area contributed by atoms with Crippen LogP contribution in [0.25, 0.3) is 0 Å². The summed E-state index contributed by atoms with van der Waals surface area (Å²) in [5, 5.41) is 9.20. The zero-order valence-electron chi connectivity index (χ0n) is 6.17. The molecule has 0 radical (unpaired) electrons. The van der Waals surface area contributed by atoms with Gasteiger partial charge < -0.3 is 5.11 Å². The highest BCUT2D eigenvalue weighted by atomic mass is 35.5. The van der Waals surface area contributed by atoms with E-state index in [9.17, 15) is 4.79 Å². The van der Waals surface area contributed by atoms with E-state index in [0.29, 0.717) is 10.6 Å². The molecule has 1 aliphatic carbocycles. The fourth-order valence-electron chi connectivity index (χ4n) is 0.915. The molecule has 0 heterocycles. The van der Waals surface area contributed by atoms with E-state index in [1.54, 1.807) is 6.08 Å². The molecule has 1 rings (SSSR count). The normalized spacial score (nSPS) is 24.0. The minimum atomic E-state index is -0.907. The number of allylic oxidation sites excluding steroid dienone is 2. The molecule has 2 nitrogen and oxygen atoms in total. The Kier molecular flexibility index (Phi) is 2.35. The number of halogens is 1. The lowest BCUT2D eigenvalue weighted by atomic mass is 9.98. The second kappa shape index (κ2) is 3.09. The maximum Gasteiger partial charge on any atom is 0.335 e. The van der Waals surface area contributed by atoms with E-state index in [-0.39, 0.29) is 5.92 Å². The molecule has 0 spiro atoms. The van der Waals surface area contributed by atoms with Gasteiger partial charge in [-0.2, -0.15) is 0 Å². The van der Waals surface area contributed by atoms with Crippen LogP contribution in [0, 0.1) is 5.92 Å². The van der Waals surface area contributed by atoms with Crippen molar-refractivity contribution in [1.82, 2.24) is 0 Å². The Balaban J connectivity index is 2.83. The van der Waals surface area contributed by atoms with Crippen LogP contribution < -0.4 is 0 Å². The van der Waals surface area contributed by atoms with Crippen LogP contribution >= 0.6 is 11.6 Å². The van der Waals surface area contributed by atoms with Gasteiger partial charge in [-0.15, -0.1) is 0 Å². The molecule has 11 heavy (non-hydrogen) atoms. The topological polar surface area (TPSA) is 37.3 Å². The van der Waals surface area contributed by atoms with Crippen LogP contribution in [-0.2, 0) is 4.79 Å². The summed E-state index contributed by atoms with van der Waals surface area (Å²) in [6.45, 7) is 1.97. The maximum atomic E-state index is 10.4. The molecule has 0 aliphatic heterocycles. The zero-order valence-corrected chi connectivity index (χ0v) is 6.93. The van der Waals surface area contributed by atoms with Crippen LogP contribution in [-0.4, -0.2) is 11.1 Å². The van der Waals surface area contributed by atoms with Crippen molar-refractivity contribution in [3.63, 3.8) is 0 Å². The Hall–Kier alpha value is -0.760. The summed E-state index contributed by atoms with van der Waals surface area (Å²) >= 11 is 5.76. The van der Waals surface area contributed by atoms with Crippen molar-refractivity contribution in [2.45, 2.75) is 13.3 Å². The highest BCUT2D eigenvalue weighted by Crippen LogP contribution is 2.26. The molecule has 0 saturated carbocycles. The first kappa shape index (κ1) is 8.34. The van der Waals surface area contributed by atoms with Crippen molar-refractivity contribution in [3.05, 3.63) is 22.8 Å². The SMILES string of the molecule is CC1CC=C(C(=O)O)C=C1Cl. The van der Waals surface area contributed by atoms with Crippen molar-refractivity contribution in [2.24, 2.45) is 5.92 Å². The van der Waals surface area contributed by atoms with E-state index < -0.39 is 5.97 Å². The summed E-state index contributed by atoms with van der Waals surface area (Å²) in [4.78, 5) is 10.4. The molecule has 0 saturated heterocycles. The molecule has 0 amide bonds. The van der Waals surface area contributed by atoms with Crippen LogP contribution in [0.4, 0.5) is 0 Å². The van der Waals surface area contributed by atoms with E-state index >= 15 is 0 Å². The van der Waals surface area contributed by atoms with Gasteiger partial charge in [0.1, 0.15) is 0 Å². The van der Waals surface area contributed by atoms with Crippen LogP contribution in [0.1, 0.15) is 13.3 Å². The molecule has 3 heteroatoms. The number of aliphatic carboxylic acids is 1. The monoisotopic (exact) mass is 172 g/mol. The third-order valence-corrected chi connectivity index (χ3v) is 2.18. The third kappa shape index (κ3) is 1.84. The van der Waals surface area contributed by atoms with Gasteiger partial charge in [0.25, 0.3) is 0 Å². The predicted octanol–water partition coefficient (Wildman–Crippen LogP) is 2.16. The van der Waals surface area contributed by atoms with Gasteiger partial charge in [0, 0.05) is 5.03 Å². The molecule has 1 N–H and O–H groups in total. The molecule has 1 unspecified atom stereocenters. The number of carbonyl (C=O) groups is 1. The van der Waals surface area contributed by atoms with E-state index in [4.69, 9.17) is 16.7 Å². The molecule has 0 aromatic rings. The molecule has 1 aliphatic rings. The van der Waals surface area contributed by atoms with Gasteiger partial charge in [0.15, 0.2) is 0 Å². The van der Waals surface area contributed by atoms with Crippen molar-refractivity contribution >= 4 is 17.6 Å². The third-order valence-electron chi connectivity index (χ3n) is 1.70. The van der Waals surface area contributed by atoms with E-state index in [1.165, 1.54) is 6.08 Å². The lowest BCUT2D eigenvalue weighted by Crippen LogP contribution is -2.05. The number of hydrogen-bond donors (Lipinski definition) is 1. The van der Waals surface area contributed by atoms with Gasteiger partial charge in [-0.05, 0) is 18.4 Å². The Bertz CT molecular complexity index is 240. The first-order valence-corrected chi connectivity index (χ1v) is 3.79. The molecule has 0 bridgehead atoms. The smallest absolute Gasteiger partial charge is 0.335 e. The van der Waals surface area contributed by atoms with Gasteiger partial charge >= 0.3 is 5.97 Å². The largest absolute Gasteiger partial charge is 0.478 e. The maximum absolute atomic E-state index is 10.4. The Morgan fingerprint density at radius 3 is 2.91 bits per heavy atom. The number of hydrogen-bond acceptors (Lipinski definition) is 1. The van der Waals surface area contributed by atoms with Crippen molar-refractivity contribution in [2.75, 3.05) is 0 Å². The molecule has 0 aromatic heterocycles. The standard InChI is InChI=1S/C8H9ClO2/c1-5-2-3-6(8(10)11)4-7(5)9/h3-5H,2H2,1H3,(H,10,11). The second-order valence-electron chi connectivity index (χ2n) is 2.63. The summed E-state index contributed by atoms with van der Waals surface area (Å²) in [5.74, 6) is -0.644. The Morgan fingerprint density at radius 2 is 2.45 bits per heavy atom. The lowest BCUT2D eigenvalue weighted by Gasteiger charge is -2.12. The minimum Gasteiger partial charge on any atom is -0.478 e. The van der Waals surface area contributed by atoms with Crippen molar-refractivity contribution in [3.8, 4) is 0 Å². The summed E-state index contributed by atoms with van der Waals surface area (Å²) in [7, 11) is 0. The van der Waals surface area contributed by atoms with Crippen molar-refractivity contribution in [1.29, 1.82) is 0 Å². The number of carboxylic acids is 1.